The summed E-state index contributed by atoms with van der Waals surface area (Å²) in [5.74, 6) is -1.43. The molecule has 1 aromatic heterocycles. The molecular formula is C50H30BF24NO4. The summed E-state index contributed by atoms with van der Waals surface area (Å²) in [5.41, 5.74) is -29.0. The summed E-state index contributed by atoms with van der Waals surface area (Å²) in [6.07, 6.45) is -51.1. The molecule has 5 aromatic carbocycles. The molecule has 0 saturated heterocycles. The summed E-state index contributed by atoms with van der Waals surface area (Å²) < 4.78 is 352. The van der Waals surface area contributed by atoms with Crippen LogP contribution in [0.4, 0.5) is 105 Å². The van der Waals surface area contributed by atoms with Crippen molar-refractivity contribution < 1.29 is 129 Å². The number of hydrogen-bond donors (Lipinski definition) is 0. The first-order valence-corrected chi connectivity index (χ1v) is 21.7. The average Bonchev–Trinajstić information content (AvgIpc) is 3.34. The summed E-state index contributed by atoms with van der Waals surface area (Å²) in [7, 11) is 2.48. The highest BCUT2D eigenvalue weighted by atomic mass is 19.4. The minimum Gasteiger partial charge on any atom is -0.465 e. The van der Waals surface area contributed by atoms with E-state index in [0.29, 0.717) is 12.1 Å². The first kappa shape index (κ1) is 63.1. The van der Waals surface area contributed by atoms with Crippen LogP contribution in [0.3, 0.4) is 0 Å². The normalized spacial score (nSPS) is 13.0. The number of pyridine rings is 1. The van der Waals surface area contributed by atoms with Gasteiger partial charge in [-0.15, -0.1) is 0 Å². The molecule has 1 heterocycles. The lowest BCUT2D eigenvalue weighted by Gasteiger charge is -2.46. The molecule has 0 bridgehead atoms. The van der Waals surface area contributed by atoms with Crippen LogP contribution in [0.15, 0.2) is 139 Å². The molecule has 0 aliphatic heterocycles. The van der Waals surface area contributed by atoms with E-state index >= 15 is 0 Å². The Bertz CT molecular complexity index is 2790. The lowest BCUT2D eigenvalue weighted by atomic mass is 9.12. The van der Waals surface area contributed by atoms with Crippen molar-refractivity contribution >= 4 is 45.5 Å². The summed E-state index contributed by atoms with van der Waals surface area (Å²) in [4.78, 5) is 24.3. The Morgan fingerprint density at radius 1 is 0.362 bits per heavy atom. The van der Waals surface area contributed by atoms with E-state index < -0.39 is 207 Å². The number of nitrogens with zero attached hydrogens (tertiary/aromatic N) is 1. The van der Waals surface area contributed by atoms with Crippen molar-refractivity contribution in [1.29, 1.82) is 0 Å². The third-order valence-electron chi connectivity index (χ3n) is 11.8. The van der Waals surface area contributed by atoms with Crippen LogP contribution in [-0.4, -0.2) is 32.3 Å². The number of rotatable bonds is 9. The molecule has 6 rings (SSSR count). The summed E-state index contributed by atoms with van der Waals surface area (Å²) in [6.45, 7) is 0.338. The lowest BCUT2D eigenvalue weighted by Crippen LogP contribution is -2.75. The predicted molar refractivity (Wildman–Crippen MR) is 234 cm³/mol. The molecule has 5 nitrogen and oxygen atoms in total. The zero-order chi connectivity index (χ0) is 60.6. The number of halogens is 24. The first-order chi connectivity index (χ1) is 36.4. The van der Waals surface area contributed by atoms with Gasteiger partial charge in [0.2, 0.25) is 0 Å². The second-order valence-electron chi connectivity index (χ2n) is 17.0. The highest BCUT2D eigenvalue weighted by molar-refractivity contribution is 7.20. The minimum atomic E-state index is -6.13. The maximum Gasteiger partial charge on any atom is 0.416 e. The molecule has 0 amide bonds. The molecule has 0 unspecified atom stereocenters. The number of alkyl halides is 24. The van der Waals surface area contributed by atoms with Crippen LogP contribution >= 0.6 is 0 Å². The Labute approximate surface area is 433 Å². The van der Waals surface area contributed by atoms with E-state index in [1.54, 1.807) is 0 Å². The fraction of sp³-hybridized carbons (Fsp3) is 0.220. The van der Waals surface area contributed by atoms with Gasteiger partial charge in [-0.25, -0.2) is 14.2 Å². The van der Waals surface area contributed by atoms with Gasteiger partial charge >= 0.3 is 61.3 Å². The maximum absolute atomic E-state index is 14.2. The van der Waals surface area contributed by atoms with Crippen molar-refractivity contribution in [2.45, 2.75) is 56.0 Å². The van der Waals surface area contributed by atoms with Gasteiger partial charge in [0.15, 0.2) is 24.5 Å². The molecule has 0 aliphatic carbocycles. The number of carbonyl (C=O) groups is 2. The van der Waals surface area contributed by atoms with E-state index in [4.69, 9.17) is 9.47 Å². The van der Waals surface area contributed by atoms with E-state index in [9.17, 15) is 115 Å². The Hall–Kier alpha value is -7.69. The second kappa shape index (κ2) is 22.5. The molecule has 0 aliphatic rings. The summed E-state index contributed by atoms with van der Waals surface area (Å²) in [6, 6.07) is 6.06. The molecule has 0 saturated carbocycles. The van der Waals surface area contributed by atoms with Gasteiger partial charge in [0.1, 0.15) is 6.15 Å². The molecular weight excluding hydrogens is 1150 g/mol. The quantitative estimate of drug-likeness (QED) is 0.0275. The Morgan fingerprint density at radius 3 is 0.800 bits per heavy atom. The monoisotopic (exact) mass is 1180 g/mol. The molecule has 0 N–H and O–H groups in total. The number of methoxy groups -OCH3 is 2. The Morgan fingerprint density at radius 2 is 0.588 bits per heavy atom. The standard InChI is InChI=1S/C32H12BF24.C18H18NO4/c34-25(35,36)13-1-14(26(37,38)39)6-21(5-13)33(22-7-15(27(40,41)42)2-16(8-22)28(43,44)45,23-9-17(29(46,47)48)3-18(10-23)30(49,50)51)24-11-19(31(52,53)54)4-20(12-24)32(55,56)57;1-22-17(20)16(18(21)23-2)15(14-9-5-3-6-10-14)13-19-11-7-4-8-12-19/h1-12H;3-12H,13H2,1-2H3/q-1;+1. The van der Waals surface area contributed by atoms with Crippen molar-refractivity contribution in [1.82, 2.24) is 0 Å². The molecule has 30 heteroatoms. The molecule has 430 valence electrons. The van der Waals surface area contributed by atoms with Gasteiger partial charge in [0.05, 0.1) is 58.7 Å². The van der Waals surface area contributed by atoms with Crippen LogP contribution in [0.2, 0.25) is 0 Å². The van der Waals surface area contributed by atoms with Gasteiger partial charge in [0.25, 0.3) is 0 Å². The van der Waals surface area contributed by atoms with Crippen LogP contribution in [-0.2, 0) is 75.0 Å². The van der Waals surface area contributed by atoms with E-state index in [1.807, 2.05) is 65.5 Å². The van der Waals surface area contributed by atoms with E-state index in [0.717, 1.165) is 5.56 Å². The van der Waals surface area contributed by atoms with Gasteiger partial charge in [-0.1, -0.05) is 84.9 Å². The minimum absolute atomic E-state index is 0.0995. The topological polar surface area (TPSA) is 56.5 Å². The Kier molecular flexibility index (Phi) is 17.7. The number of carbonyl (C=O) groups excluding carboxylic acids is 2. The van der Waals surface area contributed by atoms with E-state index in [2.05, 4.69) is 0 Å². The van der Waals surface area contributed by atoms with Crippen LogP contribution in [0, 0.1) is 0 Å². The van der Waals surface area contributed by atoms with Crippen molar-refractivity contribution in [2.24, 2.45) is 0 Å². The van der Waals surface area contributed by atoms with Crippen molar-refractivity contribution in [3.8, 4) is 0 Å². The molecule has 0 radical (unpaired) electrons. The van der Waals surface area contributed by atoms with Crippen LogP contribution in [0.1, 0.15) is 50.1 Å². The number of hydrogen-bond acceptors (Lipinski definition) is 4. The van der Waals surface area contributed by atoms with Gasteiger partial charge in [-0.3, -0.25) is 0 Å². The predicted octanol–water partition coefficient (Wildman–Crippen LogP) is 13.0. The van der Waals surface area contributed by atoms with Crippen molar-refractivity contribution in [3.05, 3.63) is 189 Å². The molecule has 0 spiro atoms. The third-order valence-corrected chi connectivity index (χ3v) is 11.8. The molecule has 0 fully saturated rings. The summed E-state index contributed by atoms with van der Waals surface area (Å²) >= 11 is 0. The third kappa shape index (κ3) is 14.6. The smallest absolute Gasteiger partial charge is 0.416 e. The van der Waals surface area contributed by atoms with Gasteiger partial charge in [-0.05, 0) is 29.8 Å². The second-order valence-corrected chi connectivity index (χ2v) is 17.0. The lowest BCUT2D eigenvalue weighted by molar-refractivity contribution is -0.684. The van der Waals surface area contributed by atoms with E-state index in [-0.39, 0.29) is 5.57 Å². The number of ether oxygens (including phenoxy) is 2. The zero-order valence-electron chi connectivity index (χ0n) is 39.6. The highest BCUT2D eigenvalue weighted by Gasteiger charge is 2.47. The fourth-order valence-corrected chi connectivity index (χ4v) is 8.28. The number of benzene rings is 5. The van der Waals surface area contributed by atoms with Crippen LogP contribution in [0.25, 0.3) is 5.57 Å². The molecule has 80 heavy (non-hydrogen) atoms. The van der Waals surface area contributed by atoms with Crippen molar-refractivity contribution in [2.75, 3.05) is 14.2 Å². The highest BCUT2D eigenvalue weighted by Crippen LogP contribution is 2.41. The fourth-order valence-electron chi connectivity index (χ4n) is 8.28. The Balaban J connectivity index is 0.000000424. The van der Waals surface area contributed by atoms with Gasteiger partial charge in [0, 0.05) is 17.7 Å². The first-order valence-electron chi connectivity index (χ1n) is 21.7. The summed E-state index contributed by atoms with van der Waals surface area (Å²) in [5, 5.41) is 0. The van der Waals surface area contributed by atoms with Gasteiger partial charge < -0.3 is 9.47 Å². The number of allylic oxidation sites excluding steroid dienone is 1. The maximum atomic E-state index is 14.2. The van der Waals surface area contributed by atoms with Crippen LogP contribution in [0.5, 0.6) is 0 Å². The molecule has 6 aromatic rings. The van der Waals surface area contributed by atoms with Crippen molar-refractivity contribution in [3.63, 3.8) is 0 Å². The van der Waals surface area contributed by atoms with Gasteiger partial charge in [-0.2, -0.15) is 127 Å². The molecule has 0 atom stereocenters. The number of aromatic nitrogens is 1. The SMILES string of the molecule is COC(=O)C(C(=O)OC)=C(C[n+]1ccccc1)c1ccccc1.FC(F)(F)c1cc([B-](c2cc(C(F)(F)F)cc(C(F)(F)F)c2)(c2cc(C(F)(F)F)cc(C(F)(F)F)c2)c2cc(C(F)(F)F)cc(C(F)(F)F)c2)cc(C(F)(F)F)c1. The van der Waals surface area contributed by atoms with E-state index in [1.165, 1.54) is 14.2 Å². The zero-order valence-corrected chi connectivity index (χ0v) is 39.6. The number of esters is 2. The van der Waals surface area contributed by atoms with Crippen LogP contribution < -0.4 is 26.4 Å². The largest absolute Gasteiger partial charge is 0.465 e. The average molecular weight is 1180 g/mol.